The third-order valence-electron chi connectivity index (χ3n) is 4.78. The zero-order chi connectivity index (χ0) is 20.6. The highest BCUT2D eigenvalue weighted by molar-refractivity contribution is 7.09. The molecule has 1 fully saturated rings. The van der Waals surface area contributed by atoms with E-state index in [0.29, 0.717) is 6.54 Å². The number of nitrogens with zero attached hydrogens (tertiary/aromatic N) is 5. The molecular weight excluding hydrogens is 388 g/mol. The molecule has 158 valence electrons. The van der Waals surface area contributed by atoms with E-state index >= 15 is 0 Å². The van der Waals surface area contributed by atoms with Gasteiger partial charge in [-0.1, -0.05) is 19.1 Å². The van der Waals surface area contributed by atoms with Crippen molar-refractivity contribution in [2.75, 3.05) is 51.8 Å². The van der Waals surface area contributed by atoms with Gasteiger partial charge in [0.25, 0.3) is 0 Å². The van der Waals surface area contributed by atoms with Crippen molar-refractivity contribution >= 4 is 22.6 Å². The van der Waals surface area contributed by atoms with Crippen LogP contribution in [0.2, 0.25) is 0 Å². The number of aromatic nitrogens is 2. The van der Waals surface area contributed by atoms with Crippen LogP contribution in [0.3, 0.4) is 0 Å². The second kappa shape index (κ2) is 10.3. The summed E-state index contributed by atoms with van der Waals surface area (Å²) in [7, 11) is 3.47. The Morgan fingerprint density at radius 3 is 2.59 bits per heavy atom. The first kappa shape index (κ1) is 21.2. The van der Waals surface area contributed by atoms with Crippen molar-refractivity contribution in [2.24, 2.45) is 4.99 Å². The number of methoxy groups -OCH3 is 1. The summed E-state index contributed by atoms with van der Waals surface area (Å²) in [6, 6.07) is 7.69. The normalized spacial score (nSPS) is 15.9. The first-order chi connectivity index (χ1) is 14.1. The van der Waals surface area contributed by atoms with Crippen LogP contribution in [0.4, 0.5) is 5.13 Å². The van der Waals surface area contributed by atoms with Crippen molar-refractivity contribution in [3.63, 3.8) is 0 Å². The molecule has 0 saturated carbocycles. The molecule has 8 nitrogen and oxygen atoms in total. The number of guanidine groups is 1. The molecule has 1 unspecified atom stereocenters. The summed E-state index contributed by atoms with van der Waals surface area (Å²) >= 11 is 1.49. The van der Waals surface area contributed by atoms with Crippen LogP contribution in [0.1, 0.15) is 19.7 Å². The number of piperazine rings is 1. The number of aryl methyl sites for hydroxylation is 1. The van der Waals surface area contributed by atoms with Gasteiger partial charge in [-0.15, -0.1) is 0 Å². The van der Waals surface area contributed by atoms with Gasteiger partial charge in [0.2, 0.25) is 5.13 Å². The molecule has 1 atom stereocenters. The van der Waals surface area contributed by atoms with Gasteiger partial charge in [-0.25, -0.2) is 4.98 Å². The summed E-state index contributed by atoms with van der Waals surface area (Å²) in [6.07, 6.45) is 0.848. The lowest BCUT2D eigenvalue weighted by Crippen LogP contribution is -2.53. The standard InChI is InChI=1S/C20H30N6O2S/c1-5-18-23-20(29-24-18)26-12-10-25(11-13-26)19(21-3)22-14-15(2)28-17-9-7-6-8-16(17)27-4/h6-9,15H,5,10-14H2,1-4H3,(H,21,22). The van der Waals surface area contributed by atoms with Gasteiger partial charge in [0.1, 0.15) is 11.9 Å². The number of ether oxygens (including phenoxy) is 2. The Morgan fingerprint density at radius 1 is 1.24 bits per heavy atom. The number of rotatable bonds is 7. The average molecular weight is 419 g/mol. The number of anilines is 1. The predicted octanol–water partition coefficient (Wildman–Crippen LogP) is 2.27. The summed E-state index contributed by atoms with van der Waals surface area (Å²) < 4.78 is 15.8. The Labute approximate surface area is 176 Å². The Balaban J connectivity index is 1.48. The van der Waals surface area contributed by atoms with Crippen LogP contribution in [0, 0.1) is 0 Å². The van der Waals surface area contributed by atoms with Crippen molar-refractivity contribution in [1.82, 2.24) is 19.6 Å². The molecule has 0 bridgehead atoms. The molecule has 29 heavy (non-hydrogen) atoms. The van der Waals surface area contributed by atoms with Crippen molar-refractivity contribution < 1.29 is 9.47 Å². The van der Waals surface area contributed by atoms with Gasteiger partial charge in [0.05, 0.1) is 13.7 Å². The van der Waals surface area contributed by atoms with Gasteiger partial charge < -0.3 is 24.6 Å². The Kier molecular flexibility index (Phi) is 7.51. The molecule has 3 rings (SSSR count). The molecule has 2 aromatic rings. The van der Waals surface area contributed by atoms with E-state index in [0.717, 1.165) is 61.0 Å². The van der Waals surface area contributed by atoms with E-state index in [-0.39, 0.29) is 6.10 Å². The smallest absolute Gasteiger partial charge is 0.205 e. The van der Waals surface area contributed by atoms with Gasteiger partial charge in [0, 0.05) is 51.2 Å². The molecule has 0 radical (unpaired) electrons. The van der Waals surface area contributed by atoms with Crippen LogP contribution in [-0.4, -0.2) is 73.2 Å². The summed E-state index contributed by atoms with van der Waals surface area (Å²) in [5.74, 6) is 3.31. The van der Waals surface area contributed by atoms with Crippen LogP contribution >= 0.6 is 11.5 Å². The second-order valence-corrected chi connectivity index (χ2v) is 7.56. The minimum Gasteiger partial charge on any atom is -0.493 e. The minimum atomic E-state index is -0.0294. The monoisotopic (exact) mass is 418 g/mol. The molecule has 1 aromatic carbocycles. The summed E-state index contributed by atoms with van der Waals surface area (Å²) in [4.78, 5) is 13.6. The first-order valence-corrected chi connectivity index (χ1v) is 10.7. The molecule has 2 heterocycles. The van der Waals surface area contributed by atoms with E-state index in [2.05, 4.69) is 36.4 Å². The highest BCUT2D eigenvalue weighted by atomic mass is 32.1. The molecule has 1 aliphatic rings. The van der Waals surface area contributed by atoms with E-state index < -0.39 is 0 Å². The molecule has 0 aliphatic carbocycles. The third-order valence-corrected chi connectivity index (χ3v) is 5.59. The summed E-state index contributed by atoms with van der Waals surface area (Å²) in [5, 5.41) is 4.45. The molecule has 1 aliphatic heterocycles. The largest absolute Gasteiger partial charge is 0.493 e. The molecule has 1 N–H and O–H groups in total. The van der Waals surface area contributed by atoms with Gasteiger partial charge in [-0.3, -0.25) is 4.99 Å². The number of aliphatic imine (C=N–C) groups is 1. The van der Waals surface area contributed by atoms with Gasteiger partial charge in [0.15, 0.2) is 17.5 Å². The SMILES string of the molecule is CCc1nsc(N2CCN(C(=NC)NCC(C)Oc3ccccc3OC)CC2)n1. The maximum atomic E-state index is 6.02. The fraction of sp³-hybridized carbons (Fsp3) is 0.550. The highest BCUT2D eigenvalue weighted by Gasteiger charge is 2.22. The van der Waals surface area contributed by atoms with E-state index in [1.807, 2.05) is 38.2 Å². The fourth-order valence-electron chi connectivity index (χ4n) is 3.17. The van der Waals surface area contributed by atoms with Crippen molar-refractivity contribution in [2.45, 2.75) is 26.4 Å². The third kappa shape index (κ3) is 5.50. The number of hydrogen-bond donors (Lipinski definition) is 1. The van der Waals surface area contributed by atoms with Gasteiger partial charge >= 0.3 is 0 Å². The zero-order valence-corrected chi connectivity index (χ0v) is 18.4. The highest BCUT2D eigenvalue weighted by Crippen LogP contribution is 2.26. The maximum Gasteiger partial charge on any atom is 0.205 e. The van der Waals surface area contributed by atoms with Crippen molar-refractivity contribution in [1.29, 1.82) is 0 Å². The minimum absolute atomic E-state index is 0.0294. The van der Waals surface area contributed by atoms with Gasteiger partial charge in [-0.05, 0) is 19.1 Å². The van der Waals surface area contributed by atoms with Crippen LogP contribution in [0.15, 0.2) is 29.3 Å². The molecule has 9 heteroatoms. The van der Waals surface area contributed by atoms with Crippen LogP contribution in [0.25, 0.3) is 0 Å². The number of nitrogens with one attached hydrogen (secondary N) is 1. The average Bonchev–Trinajstić information content (AvgIpc) is 3.24. The molecule has 1 aromatic heterocycles. The number of hydrogen-bond acceptors (Lipinski definition) is 7. The Hall–Kier alpha value is -2.55. The van der Waals surface area contributed by atoms with E-state index in [1.54, 1.807) is 7.11 Å². The first-order valence-electron chi connectivity index (χ1n) is 9.97. The van der Waals surface area contributed by atoms with Crippen LogP contribution in [-0.2, 0) is 6.42 Å². The number of benzene rings is 1. The molecule has 1 saturated heterocycles. The topological polar surface area (TPSA) is 75.1 Å². The summed E-state index contributed by atoms with van der Waals surface area (Å²) in [5.41, 5.74) is 0. The van der Waals surface area contributed by atoms with Crippen molar-refractivity contribution in [3.05, 3.63) is 30.1 Å². The fourth-order valence-corrected chi connectivity index (χ4v) is 3.97. The van der Waals surface area contributed by atoms with Gasteiger partial charge in [-0.2, -0.15) is 4.37 Å². The Morgan fingerprint density at radius 2 is 1.97 bits per heavy atom. The Bertz CT molecular complexity index is 804. The summed E-state index contributed by atoms with van der Waals surface area (Å²) in [6.45, 7) is 8.37. The molecular formula is C20H30N6O2S. The lowest BCUT2D eigenvalue weighted by atomic mass is 10.3. The van der Waals surface area contributed by atoms with E-state index in [4.69, 9.17) is 9.47 Å². The van der Waals surface area contributed by atoms with E-state index in [9.17, 15) is 0 Å². The van der Waals surface area contributed by atoms with Crippen molar-refractivity contribution in [3.8, 4) is 11.5 Å². The molecule has 0 amide bonds. The zero-order valence-electron chi connectivity index (χ0n) is 17.6. The lowest BCUT2D eigenvalue weighted by Gasteiger charge is -2.36. The second-order valence-electron chi connectivity index (χ2n) is 6.83. The van der Waals surface area contributed by atoms with E-state index in [1.165, 1.54) is 11.5 Å². The quantitative estimate of drug-likeness (QED) is 0.546. The predicted molar refractivity (Wildman–Crippen MR) is 118 cm³/mol. The lowest BCUT2D eigenvalue weighted by molar-refractivity contribution is 0.211. The number of para-hydroxylation sites is 2. The van der Waals surface area contributed by atoms with Crippen LogP contribution in [0.5, 0.6) is 11.5 Å². The molecule has 0 spiro atoms. The van der Waals surface area contributed by atoms with Crippen LogP contribution < -0.4 is 19.7 Å². The maximum absolute atomic E-state index is 6.02.